The van der Waals surface area contributed by atoms with Crippen molar-refractivity contribution >= 4 is 24.8 Å². The summed E-state index contributed by atoms with van der Waals surface area (Å²) >= 11 is 0. The van der Waals surface area contributed by atoms with Crippen LogP contribution >= 0.6 is 24.8 Å². The van der Waals surface area contributed by atoms with E-state index in [9.17, 15) is 0 Å². The van der Waals surface area contributed by atoms with Crippen LogP contribution in [0.4, 0.5) is 0 Å². The molecule has 25 heavy (non-hydrogen) atoms. The fourth-order valence-corrected chi connectivity index (χ4v) is 3.29. The van der Waals surface area contributed by atoms with Crippen LogP contribution in [0.25, 0.3) is 0 Å². The summed E-state index contributed by atoms with van der Waals surface area (Å²) in [6, 6.07) is 20.5. The summed E-state index contributed by atoms with van der Waals surface area (Å²) in [5.74, 6) is 0. The monoisotopic (exact) mass is 380 g/mol. The molecule has 1 aliphatic heterocycles. The van der Waals surface area contributed by atoms with Crippen LogP contribution in [0.1, 0.15) is 36.5 Å². The normalized spacial score (nSPS) is 15.2. The Balaban J connectivity index is 0.00000156. The molecule has 0 saturated carbocycles. The Kier molecular flexibility index (Phi) is 10.1. The van der Waals surface area contributed by atoms with Gasteiger partial charge in [-0.1, -0.05) is 61.5 Å². The van der Waals surface area contributed by atoms with Crippen LogP contribution in [-0.4, -0.2) is 24.0 Å². The van der Waals surface area contributed by atoms with Crippen LogP contribution in [0.2, 0.25) is 0 Å². The second-order valence-electron chi connectivity index (χ2n) is 6.59. The standard InChI is InChI=1S/C21H28N2.2ClH/c1-2-18-8-10-19(11-9-18)16-22-21-12-14-23(15-13-21)17-20-6-4-3-5-7-20;;/h3-11,21-22H,2,12-17H2,1H3;2*1H. The number of rotatable bonds is 6. The van der Waals surface area contributed by atoms with Crippen molar-refractivity contribution in [1.82, 2.24) is 10.2 Å². The number of piperidine rings is 1. The topological polar surface area (TPSA) is 15.3 Å². The Bertz CT molecular complexity index is 579. The molecule has 0 atom stereocenters. The van der Waals surface area contributed by atoms with Crippen molar-refractivity contribution in [3.8, 4) is 0 Å². The Labute approximate surface area is 164 Å². The summed E-state index contributed by atoms with van der Waals surface area (Å²) in [6.07, 6.45) is 3.62. The molecular weight excluding hydrogens is 351 g/mol. The summed E-state index contributed by atoms with van der Waals surface area (Å²) in [5.41, 5.74) is 4.24. The minimum Gasteiger partial charge on any atom is -0.310 e. The molecule has 0 unspecified atom stereocenters. The lowest BCUT2D eigenvalue weighted by Gasteiger charge is -2.32. The molecule has 2 aromatic carbocycles. The van der Waals surface area contributed by atoms with E-state index in [0.29, 0.717) is 6.04 Å². The predicted molar refractivity (Wildman–Crippen MR) is 112 cm³/mol. The molecule has 1 heterocycles. The van der Waals surface area contributed by atoms with Crippen molar-refractivity contribution < 1.29 is 0 Å². The number of benzene rings is 2. The number of hydrogen-bond acceptors (Lipinski definition) is 2. The number of nitrogens with zero attached hydrogens (tertiary/aromatic N) is 1. The largest absolute Gasteiger partial charge is 0.310 e. The highest BCUT2D eigenvalue weighted by atomic mass is 35.5. The average molecular weight is 381 g/mol. The second-order valence-corrected chi connectivity index (χ2v) is 6.59. The van der Waals surface area contributed by atoms with Gasteiger partial charge in [-0.15, -0.1) is 24.8 Å². The van der Waals surface area contributed by atoms with Crippen molar-refractivity contribution in [3.05, 3.63) is 71.3 Å². The molecule has 138 valence electrons. The van der Waals surface area contributed by atoms with E-state index >= 15 is 0 Å². The molecule has 4 heteroatoms. The lowest BCUT2D eigenvalue weighted by atomic mass is 10.0. The van der Waals surface area contributed by atoms with Gasteiger partial charge in [-0.25, -0.2) is 0 Å². The zero-order valence-corrected chi connectivity index (χ0v) is 16.6. The lowest BCUT2D eigenvalue weighted by molar-refractivity contribution is 0.190. The molecule has 1 N–H and O–H groups in total. The summed E-state index contributed by atoms with van der Waals surface area (Å²) in [7, 11) is 0. The Morgan fingerprint density at radius 3 is 2.04 bits per heavy atom. The summed E-state index contributed by atoms with van der Waals surface area (Å²) in [5, 5.41) is 3.73. The molecule has 0 radical (unpaired) electrons. The van der Waals surface area contributed by atoms with Gasteiger partial charge in [0, 0.05) is 19.1 Å². The van der Waals surface area contributed by atoms with Crippen molar-refractivity contribution in [2.24, 2.45) is 0 Å². The van der Waals surface area contributed by atoms with Crippen LogP contribution < -0.4 is 5.32 Å². The van der Waals surface area contributed by atoms with Crippen molar-refractivity contribution in [2.45, 2.75) is 45.3 Å². The summed E-state index contributed by atoms with van der Waals surface area (Å²) in [4.78, 5) is 2.57. The number of hydrogen-bond donors (Lipinski definition) is 1. The third-order valence-electron chi connectivity index (χ3n) is 4.86. The molecule has 0 bridgehead atoms. The van der Waals surface area contributed by atoms with E-state index in [1.807, 2.05) is 0 Å². The first-order valence-electron chi connectivity index (χ1n) is 8.91. The maximum atomic E-state index is 3.73. The molecule has 2 nitrogen and oxygen atoms in total. The summed E-state index contributed by atoms with van der Waals surface area (Å²) in [6.45, 7) is 6.68. The minimum absolute atomic E-state index is 0. The first-order chi connectivity index (χ1) is 11.3. The van der Waals surface area contributed by atoms with E-state index in [2.05, 4.69) is 71.7 Å². The highest BCUT2D eigenvalue weighted by molar-refractivity contribution is 5.85. The van der Waals surface area contributed by atoms with E-state index in [-0.39, 0.29) is 24.8 Å². The molecule has 0 aromatic heterocycles. The molecule has 1 saturated heterocycles. The Morgan fingerprint density at radius 2 is 1.44 bits per heavy atom. The van der Waals surface area contributed by atoms with Gasteiger partial charge in [-0.3, -0.25) is 4.90 Å². The highest BCUT2D eigenvalue weighted by Gasteiger charge is 2.18. The number of halogens is 2. The van der Waals surface area contributed by atoms with E-state index < -0.39 is 0 Å². The molecule has 0 amide bonds. The Morgan fingerprint density at radius 1 is 0.840 bits per heavy atom. The molecule has 0 aliphatic carbocycles. The van der Waals surface area contributed by atoms with Crippen LogP contribution in [0.15, 0.2) is 54.6 Å². The Hall–Kier alpha value is -1.06. The number of aryl methyl sites for hydroxylation is 1. The van der Waals surface area contributed by atoms with Gasteiger partial charge in [0.2, 0.25) is 0 Å². The molecular formula is C21H30Cl2N2. The van der Waals surface area contributed by atoms with Gasteiger partial charge >= 0.3 is 0 Å². The van der Waals surface area contributed by atoms with Crippen molar-refractivity contribution in [2.75, 3.05) is 13.1 Å². The molecule has 2 aromatic rings. The van der Waals surface area contributed by atoms with Gasteiger partial charge < -0.3 is 5.32 Å². The first kappa shape index (κ1) is 22.0. The lowest BCUT2D eigenvalue weighted by Crippen LogP contribution is -2.41. The van der Waals surface area contributed by atoms with Crippen molar-refractivity contribution in [1.29, 1.82) is 0 Å². The van der Waals surface area contributed by atoms with E-state index in [0.717, 1.165) is 19.5 Å². The molecule has 1 aliphatic rings. The third-order valence-corrected chi connectivity index (χ3v) is 4.86. The van der Waals surface area contributed by atoms with Gasteiger partial charge in [-0.05, 0) is 49.0 Å². The van der Waals surface area contributed by atoms with Gasteiger partial charge in [0.1, 0.15) is 0 Å². The van der Waals surface area contributed by atoms with Crippen LogP contribution in [0.5, 0.6) is 0 Å². The fraction of sp³-hybridized carbons (Fsp3) is 0.429. The quantitative estimate of drug-likeness (QED) is 0.770. The molecule has 3 rings (SSSR count). The van der Waals surface area contributed by atoms with Gasteiger partial charge in [0.05, 0.1) is 0 Å². The van der Waals surface area contributed by atoms with Crippen LogP contribution in [0, 0.1) is 0 Å². The van der Waals surface area contributed by atoms with E-state index in [1.165, 1.54) is 42.6 Å². The van der Waals surface area contributed by atoms with Crippen LogP contribution in [0.3, 0.4) is 0 Å². The van der Waals surface area contributed by atoms with Gasteiger partial charge in [0.25, 0.3) is 0 Å². The SMILES string of the molecule is CCc1ccc(CNC2CCN(Cc3ccccc3)CC2)cc1.Cl.Cl. The van der Waals surface area contributed by atoms with Crippen molar-refractivity contribution in [3.63, 3.8) is 0 Å². The third kappa shape index (κ3) is 6.99. The summed E-state index contributed by atoms with van der Waals surface area (Å²) < 4.78 is 0. The maximum absolute atomic E-state index is 3.73. The first-order valence-corrected chi connectivity index (χ1v) is 8.91. The predicted octanol–water partition coefficient (Wildman–Crippen LogP) is 4.85. The number of likely N-dealkylation sites (tertiary alicyclic amines) is 1. The maximum Gasteiger partial charge on any atom is 0.0233 e. The van der Waals surface area contributed by atoms with E-state index in [1.54, 1.807) is 0 Å². The highest BCUT2D eigenvalue weighted by Crippen LogP contribution is 2.14. The van der Waals surface area contributed by atoms with E-state index in [4.69, 9.17) is 0 Å². The van der Waals surface area contributed by atoms with Crippen LogP contribution in [-0.2, 0) is 19.5 Å². The zero-order chi connectivity index (χ0) is 15.9. The zero-order valence-electron chi connectivity index (χ0n) is 15.0. The number of nitrogens with one attached hydrogen (secondary N) is 1. The molecule has 0 spiro atoms. The van der Waals surface area contributed by atoms with Gasteiger partial charge in [-0.2, -0.15) is 0 Å². The second kappa shape index (κ2) is 11.5. The fourth-order valence-electron chi connectivity index (χ4n) is 3.29. The molecule has 1 fully saturated rings. The smallest absolute Gasteiger partial charge is 0.0233 e. The average Bonchev–Trinajstić information content (AvgIpc) is 2.62. The van der Waals surface area contributed by atoms with Gasteiger partial charge in [0.15, 0.2) is 0 Å². The minimum atomic E-state index is 0.